The number of nitrogens with zero attached hydrogens (tertiary/aromatic N) is 1. The van der Waals surface area contributed by atoms with E-state index in [4.69, 9.17) is 0 Å². The zero-order valence-corrected chi connectivity index (χ0v) is 25.0. The minimum atomic E-state index is -4.74. The number of hydrogen-bond acceptors (Lipinski definition) is 4. The second kappa shape index (κ2) is 12.7. The first-order chi connectivity index (χ1) is 20.5. The van der Waals surface area contributed by atoms with Crippen molar-refractivity contribution < 1.29 is 37.0 Å². The Balaban J connectivity index is 1.59. The van der Waals surface area contributed by atoms with E-state index >= 15 is 0 Å². The third-order valence-corrected chi connectivity index (χ3v) is 9.27. The molecule has 7 nitrogen and oxygen atoms in total. The van der Waals surface area contributed by atoms with Crippen LogP contribution >= 0.6 is 22.6 Å². The van der Waals surface area contributed by atoms with E-state index in [0.717, 1.165) is 30.0 Å². The number of ether oxygens (including phenoxy) is 1. The smallest absolute Gasteiger partial charge is 0.461 e. The Bertz CT molecular complexity index is 1450. The molecule has 2 aromatic carbocycles. The molecule has 0 radical (unpaired) electrons. The van der Waals surface area contributed by atoms with Crippen LogP contribution in [0.4, 0.5) is 22.4 Å². The molecule has 0 unspecified atom stereocenters. The summed E-state index contributed by atoms with van der Waals surface area (Å²) in [6, 6.07) is 16.7. The number of rotatable bonds is 11. The third kappa shape index (κ3) is 6.58. The molecule has 2 aliphatic rings. The van der Waals surface area contributed by atoms with Crippen LogP contribution in [0.3, 0.4) is 0 Å². The Kier molecular flexibility index (Phi) is 9.14. The Morgan fingerprint density at radius 2 is 1.77 bits per heavy atom. The quantitative estimate of drug-likeness (QED) is 0.119. The molecule has 3 aromatic rings. The highest BCUT2D eigenvalue weighted by atomic mass is 127. The maximum absolute atomic E-state index is 13.9. The van der Waals surface area contributed by atoms with Crippen LogP contribution in [0, 0.1) is 17.8 Å². The maximum atomic E-state index is 13.9. The topological polar surface area (TPSA) is 101 Å². The molecular weight excluding hydrogens is 681 g/mol. The molecule has 2 bridgehead atoms. The largest absolute Gasteiger partial charge is 0.481 e. The fourth-order valence-corrected chi connectivity index (χ4v) is 6.89. The number of alkyl halides is 5. The van der Waals surface area contributed by atoms with Crippen LogP contribution in [0.25, 0.3) is 0 Å². The first-order valence-electron chi connectivity index (χ1n) is 13.8. The van der Waals surface area contributed by atoms with Crippen LogP contribution in [0.2, 0.25) is 0 Å². The Hall–Kier alpha value is -3.42. The van der Waals surface area contributed by atoms with E-state index in [1.165, 1.54) is 12.1 Å². The van der Waals surface area contributed by atoms with Gasteiger partial charge in [0.05, 0.1) is 11.6 Å². The minimum Gasteiger partial charge on any atom is -0.481 e. The minimum absolute atomic E-state index is 0.0188. The lowest BCUT2D eigenvalue weighted by molar-refractivity contribution is -0.253. The summed E-state index contributed by atoms with van der Waals surface area (Å²) in [5.41, 5.74) is 0.787. The molecule has 2 fully saturated rings. The predicted molar refractivity (Wildman–Crippen MR) is 158 cm³/mol. The van der Waals surface area contributed by atoms with E-state index in [-0.39, 0.29) is 23.8 Å². The van der Waals surface area contributed by atoms with Crippen molar-refractivity contribution in [2.75, 3.05) is 0 Å². The van der Waals surface area contributed by atoms with Gasteiger partial charge in [-0.25, -0.2) is 4.79 Å². The Labute approximate surface area is 259 Å². The summed E-state index contributed by atoms with van der Waals surface area (Å²) in [7, 11) is 0. The normalized spacial score (nSPS) is 22.7. The van der Waals surface area contributed by atoms with Crippen molar-refractivity contribution in [1.29, 1.82) is 0 Å². The standard InChI is InChI=1S/C31H30F4IN3O4/c32-28(33)31(34,35)43-23-8-4-7-22(14-23)30(15-18-5-2-1-3-6-18,24-12-9-19(16-36)17-37-24)39-29(42)38-26-21-11-10-20(13-21)25(26)27(40)41/h1-9,12,14,17,20-21,25-26,28H,10-11,13,15-16H2,(H,40,41)(H2,38,39,42)/t20-,21+,25+,26-,30+/m1/s1. The fraction of sp³-hybridized carbons (Fsp3) is 0.387. The number of hydrogen-bond donors (Lipinski definition) is 3. The number of carbonyl (C=O) groups excluding carboxylic acids is 1. The number of halogens is 5. The van der Waals surface area contributed by atoms with E-state index < -0.39 is 47.8 Å². The molecule has 5 atom stereocenters. The molecule has 2 saturated carbocycles. The summed E-state index contributed by atoms with van der Waals surface area (Å²) in [6.07, 6.45) is -4.73. The first kappa shape index (κ1) is 31.0. The number of carboxylic acid groups (broad SMARTS) is 1. The van der Waals surface area contributed by atoms with Crippen LogP contribution < -0.4 is 15.4 Å². The second-order valence-corrected chi connectivity index (χ2v) is 11.8. The van der Waals surface area contributed by atoms with Gasteiger partial charge < -0.3 is 20.5 Å². The van der Waals surface area contributed by atoms with Crippen molar-refractivity contribution in [3.05, 3.63) is 95.3 Å². The number of nitrogens with one attached hydrogen (secondary N) is 2. The van der Waals surface area contributed by atoms with Crippen molar-refractivity contribution in [1.82, 2.24) is 15.6 Å². The molecule has 0 spiro atoms. The van der Waals surface area contributed by atoms with Gasteiger partial charge in [0, 0.05) is 23.1 Å². The zero-order valence-electron chi connectivity index (χ0n) is 22.9. The van der Waals surface area contributed by atoms with Crippen molar-refractivity contribution in [3.8, 4) is 5.75 Å². The maximum Gasteiger partial charge on any atom is 0.461 e. The number of aromatic nitrogens is 1. The van der Waals surface area contributed by atoms with Gasteiger partial charge in [0.25, 0.3) is 0 Å². The zero-order chi connectivity index (χ0) is 30.8. The Morgan fingerprint density at radius 1 is 1.02 bits per heavy atom. The molecule has 0 aliphatic heterocycles. The van der Waals surface area contributed by atoms with Crippen molar-refractivity contribution in [2.24, 2.45) is 17.8 Å². The number of aliphatic carboxylic acids is 1. The molecule has 2 amide bonds. The summed E-state index contributed by atoms with van der Waals surface area (Å²) >= 11 is 2.18. The number of carbonyl (C=O) groups is 2. The highest BCUT2D eigenvalue weighted by Gasteiger charge is 2.52. The van der Waals surface area contributed by atoms with Gasteiger partial charge in [0.15, 0.2) is 0 Å². The van der Waals surface area contributed by atoms with Gasteiger partial charge in [0.2, 0.25) is 0 Å². The average Bonchev–Trinajstić information content (AvgIpc) is 3.59. The molecule has 12 heteroatoms. The monoisotopic (exact) mass is 711 g/mol. The van der Waals surface area contributed by atoms with Crippen LogP contribution in [0.5, 0.6) is 5.75 Å². The van der Waals surface area contributed by atoms with Gasteiger partial charge in [-0.15, -0.1) is 0 Å². The first-order valence-corrected chi connectivity index (χ1v) is 15.4. The van der Waals surface area contributed by atoms with Crippen LogP contribution in [0.1, 0.15) is 41.6 Å². The van der Waals surface area contributed by atoms with Crippen molar-refractivity contribution in [2.45, 2.75) is 54.2 Å². The highest BCUT2D eigenvalue weighted by molar-refractivity contribution is 14.1. The van der Waals surface area contributed by atoms with Gasteiger partial charge >= 0.3 is 24.5 Å². The third-order valence-electron chi connectivity index (χ3n) is 8.39. The molecule has 1 aromatic heterocycles. The average molecular weight is 711 g/mol. The van der Waals surface area contributed by atoms with E-state index in [1.807, 2.05) is 36.4 Å². The number of benzene rings is 2. The summed E-state index contributed by atoms with van der Waals surface area (Å²) < 4.78 is 58.9. The highest BCUT2D eigenvalue weighted by Crippen LogP contribution is 2.48. The number of urea groups is 1. The van der Waals surface area contributed by atoms with Crippen molar-refractivity contribution >= 4 is 34.6 Å². The SMILES string of the molecule is O=C(N[C@@H]1[C@H]2CC[C@H](C2)[C@@H]1C(=O)O)N[C@@](Cc1ccccc1)(c1cccc(OC(F)(F)C(F)F)c1)c1ccc(CI)cn1. The molecular formula is C31H30F4IN3O4. The van der Waals surface area contributed by atoms with E-state index in [2.05, 4.69) is 42.9 Å². The van der Waals surface area contributed by atoms with E-state index in [1.54, 1.807) is 18.3 Å². The van der Waals surface area contributed by atoms with E-state index in [0.29, 0.717) is 16.5 Å². The second-order valence-electron chi connectivity index (χ2n) is 11.1. The summed E-state index contributed by atoms with van der Waals surface area (Å²) in [4.78, 5) is 30.6. The Morgan fingerprint density at radius 3 is 2.42 bits per heavy atom. The lowest BCUT2D eigenvalue weighted by atomic mass is 9.80. The molecule has 2 aliphatic carbocycles. The van der Waals surface area contributed by atoms with E-state index in [9.17, 15) is 32.3 Å². The molecule has 228 valence electrons. The van der Waals surface area contributed by atoms with Crippen molar-refractivity contribution in [3.63, 3.8) is 0 Å². The van der Waals surface area contributed by atoms with Crippen LogP contribution in [-0.4, -0.2) is 40.7 Å². The summed E-state index contributed by atoms with van der Waals surface area (Å²) in [5, 5.41) is 15.8. The van der Waals surface area contributed by atoms with Gasteiger partial charge in [-0.1, -0.05) is 71.1 Å². The lowest BCUT2D eigenvalue weighted by Crippen LogP contribution is -2.57. The van der Waals surface area contributed by atoms with Gasteiger partial charge in [-0.05, 0) is 66.0 Å². The van der Waals surface area contributed by atoms with Gasteiger partial charge in [-0.3, -0.25) is 9.78 Å². The molecule has 3 N–H and O–H groups in total. The lowest BCUT2D eigenvalue weighted by Gasteiger charge is -2.37. The van der Waals surface area contributed by atoms with Gasteiger partial charge in [-0.2, -0.15) is 17.6 Å². The summed E-state index contributed by atoms with van der Waals surface area (Å²) in [6.45, 7) is 0. The number of amides is 2. The van der Waals surface area contributed by atoms with Crippen LogP contribution in [0.15, 0.2) is 72.9 Å². The van der Waals surface area contributed by atoms with Gasteiger partial charge in [0.1, 0.15) is 11.3 Å². The molecule has 43 heavy (non-hydrogen) atoms. The number of pyridine rings is 1. The predicted octanol–water partition coefficient (Wildman–Crippen LogP) is 6.54. The number of fused-ring (bicyclic) bond motifs is 2. The fourth-order valence-electron chi connectivity index (χ4n) is 6.44. The summed E-state index contributed by atoms with van der Waals surface area (Å²) in [5.74, 6) is -2.20. The molecule has 5 rings (SSSR count). The van der Waals surface area contributed by atoms with Crippen LogP contribution in [-0.2, 0) is 21.2 Å². The molecule has 1 heterocycles. The number of carboxylic acids is 1. The molecule has 0 saturated heterocycles.